The van der Waals surface area contributed by atoms with E-state index in [4.69, 9.17) is 9.72 Å². The summed E-state index contributed by atoms with van der Waals surface area (Å²) in [5, 5.41) is 2.85. The highest BCUT2D eigenvalue weighted by Crippen LogP contribution is 2.45. The highest BCUT2D eigenvalue weighted by Gasteiger charge is 2.38. The van der Waals surface area contributed by atoms with Gasteiger partial charge in [-0.3, -0.25) is 4.79 Å². The predicted octanol–water partition coefficient (Wildman–Crippen LogP) is 2.42. The first-order chi connectivity index (χ1) is 11.0. The number of aromatic nitrogens is 1. The lowest BCUT2D eigenvalue weighted by atomic mass is 10.1. The number of carbonyl (C=O) groups excluding carboxylic acids is 1. The molecule has 2 fully saturated rings. The zero-order chi connectivity index (χ0) is 16.0. The molecule has 23 heavy (non-hydrogen) atoms. The van der Waals surface area contributed by atoms with Crippen molar-refractivity contribution in [1.82, 2.24) is 10.3 Å². The molecule has 5 nitrogen and oxygen atoms in total. The number of ether oxygens (including phenoxy) is 1. The maximum atomic E-state index is 11.7. The van der Waals surface area contributed by atoms with Gasteiger partial charge in [0.1, 0.15) is 5.82 Å². The van der Waals surface area contributed by atoms with Gasteiger partial charge in [-0.1, -0.05) is 6.92 Å². The molecule has 1 aromatic rings. The Balaban J connectivity index is 1.39. The number of amides is 1. The van der Waals surface area contributed by atoms with Gasteiger partial charge < -0.3 is 15.0 Å². The number of hydrogen-bond acceptors (Lipinski definition) is 4. The molecular weight excluding hydrogens is 290 g/mol. The van der Waals surface area contributed by atoms with E-state index in [9.17, 15) is 4.79 Å². The summed E-state index contributed by atoms with van der Waals surface area (Å²) in [5.74, 6) is 1.04. The molecule has 0 bridgehead atoms. The van der Waals surface area contributed by atoms with Crippen LogP contribution in [0.4, 0.5) is 5.82 Å². The smallest absolute Gasteiger partial charge is 0.253 e. The Bertz CT molecular complexity index is 631. The molecule has 0 spiro atoms. The minimum Gasteiger partial charge on any atom is -0.378 e. The molecule has 1 saturated carbocycles. The number of carbonyl (C=O) groups is 1. The number of aryl methyl sites for hydroxylation is 1. The lowest BCUT2D eigenvalue weighted by molar-refractivity contribution is 0.0127. The van der Waals surface area contributed by atoms with Crippen LogP contribution in [-0.2, 0) is 11.3 Å². The molecule has 0 unspecified atom stereocenters. The van der Waals surface area contributed by atoms with Gasteiger partial charge in [0, 0.05) is 13.1 Å². The summed E-state index contributed by atoms with van der Waals surface area (Å²) in [6.07, 6.45) is 5.14. The number of nitrogens with one attached hydrogen (secondary N) is 1. The van der Waals surface area contributed by atoms with Crippen molar-refractivity contribution in [3.8, 4) is 0 Å². The first kappa shape index (κ1) is 14.9. The van der Waals surface area contributed by atoms with Gasteiger partial charge >= 0.3 is 0 Å². The van der Waals surface area contributed by atoms with Crippen LogP contribution < -0.4 is 10.2 Å². The van der Waals surface area contributed by atoms with Gasteiger partial charge in [-0.25, -0.2) is 4.98 Å². The highest BCUT2D eigenvalue weighted by atomic mass is 16.5. The molecule has 124 valence electrons. The SMILES string of the molecule is Cc1cc2c(nc1N1CCC(OCC3(C)CC3)CC1)CNC2=O. The summed E-state index contributed by atoms with van der Waals surface area (Å²) in [6, 6.07) is 1.98. The Kier molecular flexibility index (Phi) is 3.56. The van der Waals surface area contributed by atoms with Gasteiger partial charge in [-0.2, -0.15) is 0 Å². The van der Waals surface area contributed by atoms with Crippen molar-refractivity contribution in [3.05, 3.63) is 22.9 Å². The number of pyridine rings is 1. The van der Waals surface area contributed by atoms with Crippen molar-refractivity contribution >= 4 is 11.7 Å². The Morgan fingerprint density at radius 1 is 1.39 bits per heavy atom. The van der Waals surface area contributed by atoms with Crippen LogP contribution >= 0.6 is 0 Å². The predicted molar refractivity (Wildman–Crippen MR) is 88.7 cm³/mol. The Morgan fingerprint density at radius 2 is 2.13 bits per heavy atom. The standard InChI is InChI=1S/C18H25N3O2/c1-12-9-14-15(10-19-17(14)22)20-16(12)21-7-3-13(4-8-21)23-11-18(2)5-6-18/h9,13H,3-8,10-11H2,1-2H3,(H,19,22). The van der Waals surface area contributed by atoms with Crippen molar-refractivity contribution < 1.29 is 9.53 Å². The molecule has 1 aromatic heterocycles. The highest BCUT2D eigenvalue weighted by molar-refractivity contribution is 5.98. The minimum absolute atomic E-state index is 0.00262. The third-order valence-electron chi connectivity index (χ3n) is 5.44. The molecule has 1 saturated heterocycles. The first-order valence-corrected chi connectivity index (χ1v) is 8.69. The summed E-state index contributed by atoms with van der Waals surface area (Å²) in [5.41, 5.74) is 3.18. The van der Waals surface area contributed by atoms with Crippen molar-refractivity contribution in [2.24, 2.45) is 5.41 Å². The third kappa shape index (κ3) is 2.94. The summed E-state index contributed by atoms with van der Waals surface area (Å²) in [4.78, 5) is 18.8. The van der Waals surface area contributed by atoms with Crippen molar-refractivity contribution in [2.75, 3.05) is 24.6 Å². The second-order valence-corrected chi connectivity index (χ2v) is 7.61. The van der Waals surface area contributed by atoms with E-state index in [2.05, 4.69) is 17.1 Å². The van der Waals surface area contributed by atoms with Gasteiger partial charge in [-0.15, -0.1) is 0 Å². The van der Waals surface area contributed by atoms with Crippen LogP contribution in [0, 0.1) is 12.3 Å². The minimum atomic E-state index is 0.00262. The average Bonchev–Trinajstić information content (AvgIpc) is 3.19. The average molecular weight is 315 g/mol. The fourth-order valence-corrected chi connectivity index (χ4v) is 3.46. The largest absolute Gasteiger partial charge is 0.378 e. The van der Waals surface area contributed by atoms with Gasteiger partial charge in [0.25, 0.3) is 5.91 Å². The molecule has 1 amide bonds. The van der Waals surface area contributed by atoms with E-state index in [0.29, 0.717) is 18.1 Å². The van der Waals surface area contributed by atoms with Crippen LogP contribution in [0.5, 0.6) is 0 Å². The van der Waals surface area contributed by atoms with Crippen LogP contribution in [0.1, 0.15) is 54.2 Å². The molecule has 4 rings (SSSR count). The zero-order valence-corrected chi connectivity index (χ0v) is 14.0. The summed E-state index contributed by atoms with van der Waals surface area (Å²) >= 11 is 0. The fraction of sp³-hybridized carbons (Fsp3) is 0.667. The number of rotatable bonds is 4. The molecule has 0 atom stereocenters. The summed E-state index contributed by atoms with van der Waals surface area (Å²) in [6.45, 7) is 7.80. The number of anilines is 1. The molecule has 2 aliphatic heterocycles. The molecule has 3 heterocycles. The molecule has 5 heteroatoms. The zero-order valence-electron chi connectivity index (χ0n) is 14.0. The third-order valence-corrected chi connectivity index (χ3v) is 5.44. The van der Waals surface area contributed by atoms with Crippen LogP contribution in [0.15, 0.2) is 6.07 Å². The summed E-state index contributed by atoms with van der Waals surface area (Å²) < 4.78 is 6.11. The van der Waals surface area contributed by atoms with Gasteiger partial charge in [0.15, 0.2) is 0 Å². The fourth-order valence-electron chi connectivity index (χ4n) is 3.46. The molecule has 3 aliphatic rings. The monoisotopic (exact) mass is 315 g/mol. The van der Waals surface area contributed by atoms with Crippen molar-refractivity contribution in [2.45, 2.75) is 52.2 Å². The maximum Gasteiger partial charge on any atom is 0.253 e. The Morgan fingerprint density at radius 3 is 2.83 bits per heavy atom. The maximum absolute atomic E-state index is 11.7. The lowest BCUT2D eigenvalue weighted by Gasteiger charge is -2.34. The number of nitrogens with zero attached hydrogens (tertiary/aromatic N) is 2. The number of fused-ring (bicyclic) bond motifs is 1. The van der Waals surface area contributed by atoms with E-state index < -0.39 is 0 Å². The van der Waals surface area contributed by atoms with Gasteiger partial charge in [0.05, 0.1) is 30.5 Å². The number of hydrogen-bond donors (Lipinski definition) is 1. The van der Waals surface area contributed by atoms with Crippen LogP contribution in [0.25, 0.3) is 0 Å². The van der Waals surface area contributed by atoms with E-state index in [1.165, 1.54) is 12.8 Å². The molecule has 1 aliphatic carbocycles. The topological polar surface area (TPSA) is 54.5 Å². The van der Waals surface area contributed by atoms with Crippen LogP contribution in [0.2, 0.25) is 0 Å². The Labute approximate surface area is 137 Å². The molecule has 0 aromatic carbocycles. The molecule has 0 radical (unpaired) electrons. The molecule has 1 N–H and O–H groups in total. The van der Waals surface area contributed by atoms with E-state index in [0.717, 1.165) is 55.2 Å². The summed E-state index contributed by atoms with van der Waals surface area (Å²) in [7, 11) is 0. The van der Waals surface area contributed by atoms with E-state index in [1.54, 1.807) is 0 Å². The van der Waals surface area contributed by atoms with E-state index >= 15 is 0 Å². The van der Waals surface area contributed by atoms with Gasteiger partial charge in [0.2, 0.25) is 0 Å². The number of piperidine rings is 1. The normalized spacial score (nSPS) is 22.9. The van der Waals surface area contributed by atoms with Crippen molar-refractivity contribution in [1.29, 1.82) is 0 Å². The van der Waals surface area contributed by atoms with Crippen LogP contribution in [0.3, 0.4) is 0 Å². The quantitative estimate of drug-likeness (QED) is 0.927. The van der Waals surface area contributed by atoms with E-state index in [-0.39, 0.29) is 5.91 Å². The van der Waals surface area contributed by atoms with Crippen LogP contribution in [-0.4, -0.2) is 36.7 Å². The second-order valence-electron chi connectivity index (χ2n) is 7.61. The lowest BCUT2D eigenvalue weighted by Crippen LogP contribution is -2.38. The first-order valence-electron chi connectivity index (χ1n) is 8.69. The second kappa shape index (κ2) is 5.48. The van der Waals surface area contributed by atoms with Gasteiger partial charge in [-0.05, 0) is 49.7 Å². The molecular formula is C18H25N3O2. The Hall–Kier alpha value is -1.62. The van der Waals surface area contributed by atoms with Crippen molar-refractivity contribution in [3.63, 3.8) is 0 Å². The van der Waals surface area contributed by atoms with E-state index in [1.807, 2.05) is 13.0 Å².